The van der Waals surface area contributed by atoms with Crippen molar-refractivity contribution in [2.45, 2.75) is 0 Å². The van der Waals surface area contributed by atoms with Crippen LogP contribution in [0.2, 0.25) is 5.02 Å². The Kier molecular flexibility index (Phi) is 5.83. The minimum atomic E-state index is -4.94. The highest BCUT2D eigenvalue weighted by Gasteiger charge is 2.24. The van der Waals surface area contributed by atoms with Crippen molar-refractivity contribution < 1.29 is 33.3 Å². The van der Waals surface area contributed by atoms with Gasteiger partial charge in [-0.2, -0.15) is 0 Å². The second-order valence-corrected chi connectivity index (χ2v) is 8.82. The van der Waals surface area contributed by atoms with E-state index in [1.54, 1.807) is 0 Å². The Hall–Kier alpha value is -3.29. The smallest absolute Gasteiger partial charge is 0.222 e. The van der Waals surface area contributed by atoms with Crippen molar-refractivity contribution in [3.63, 3.8) is 0 Å². The molecule has 0 saturated heterocycles. The summed E-state index contributed by atoms with van der Waals surface area (Å²) < 4.78 is 40.4. The molecular weight excluding hydrogens is 475 g/mol. The lowest BCUT2D eigenvalue weighted by molar-refractivity contribution is -2.00. The number of rotatable bonds is 1. The van der Waals surface area contributed by atoms with Gasteiger partial charge in [0.05, 0.1) is 10.8 Å². The van der Waals surface area contributed by atoms with Gasteiger partial charge in [0.15, 0.2) is 0 Å². The van der Waals surface area contributed by atoms with Crippen LogP contribution in [-0.2, 0) is 0 Å². The average molecular weight is 491 g/mol. The Bertz CT molecular complexity index is 1580. The second kappa shape index (κ2) is 8.81. The van der Waals surface area contributed by atoms with E-state index < -0.39 is 10.2 Å². The molecule has 0 amide bonds. The lowest BCUT2D eigenvalue weighted by Crippen LogP contribution is -2.68. The summed E-state index contributed by atoms with van der Waals surface area (Å²) >= 11 is 6.73. The summed E-state index contributed by atoms with van der Waals surface area (Å²) in [6.07, 6.45) is 0. The zero-order chi connectivity index (χ0) is 23.9. The zero-order valence-corrected chi connectivity index (χ0v) is 19.0. The van der Waals surface area contributed by atoms with Gasteiger partial charge in [0, 0.05) is 28.3 Å². The molecule has 6 aromatic rings. The third kappa shape index (κ3) is 4.29. The molecule has 0 bridgehead atoms. The van der Waals surface area contributed by atoms with Crippen LogP contribution >= 0.6 is 11.6 Å². The maximum Gasteiger partial charge on any atom is 0.362 e. The fraction of sp³-hybridized carbons (Fsp3) is 0. The van der Waals surface area contributed by atoms with E-state index in [9.17, 15) is 0 Å². The van der Waals surface area contributed by atoms with Crippen LogP contribution in [-0.4, -0.2) is 0 Å². The average Bonchev–Trinajstić information content (AvgIpc) is 2.82. The fourth-order valence-electron chi connectivity index (χ4n) is 4.37. The first kappa shape index (κ1) is 22.5. The monoisotopic (exact) mass is 490 g/mol. The van der Waals surface area contributed by atoms with E-state index in [4.69, 9.17) is 34.7 Å². The molecule has 168 valence electrons. The Morgan fingerprint density at radius 1 is 0.559 bits per heavy atom. The Balaban J connectivity index is 0.000000439. The van der Waals surface area contributed by atoms with E-state index in [-0.39, 0.29) is 0 Å². The van der Waals surface area contributed by atoms with Gasteiger partial charge in [0.1, 0.15) is 0 Å². The van der Waals surface area contributed by atoms with Crippen LogP contribution in [0.3, 0.4) is 0 Å². The highest BCUT2D eigenvalue weighted by Crippen LogP contribution is 2.44. The van der Waals surface area contributed by atoms with Gasteiger partial charge < -0.3 is 0 Å². The van der Waals surface area contributed by atoms with Gasteiger partial charge in [-0.3, -0.25) is 0 Å². The lowest BCUT2D eigenvalue weighted by Gasteiger charge is -2.17. The Morgan fingerprint density at radius 2 is 1.00 bits per heavy atom. The summed E-state index contributed by atoms with van der Waals surface area (Å²) in [5.41, 5.74) is 3.87. The number of halogens is 2. The number of hydrogen-bond acceptors (Lipinski definition) is 4. The fourth-order valence-corrected chi connectivity index (χ4v) is 4.60. The predicted molar refractivity (Wildman–Crippen MR) is 124 cm³/mol. The standard InChI is InChI=1S/C27H16ClO.ClHO4/c28-22-12-6-5-11-21(22)27-25-19-9-3-1-7-17(19)13-15-23(25)29-24-16-14-18-8-2-4-10-20(18)26(24)27;2-1(3,4)5/h1-16H;(H,2,3,4,5)/q+1;/p-1. The SMILES string of the molecule is Clc1ccccc1-c1c2c(ccc3ccccc32)[o+]c2ccc3ccccc3c12.[O-][Cl+3]([O-])([O-])[O-]. The molecule has 1 heterocycles. The minimum absolute atomic E-state index is 0.738. The highest BCUT2D eigenvalue weighted by atomic mass is 35.7. The van der Waals surface area contributed by atoms with Gasteiger partial charge in [0.25, 0.3) is 0 Å². The molecule has 0 spiro atoms. The molecular formula is C27H16Cl2O5. The van der Waals surface area contributed by atoms with Crippen molar-refractivity contribution in [2.24, 2.45) is 0 Å². The summed E-state index contributed by atoms with van der Waals surface area (Å²) in [6, 6.07) is 33.3. The molecule has 34 heavy (non-hydrogen) atoms. The normalized spacial score (nSPS) is 11.7. The summed E-state index contributed by atoms with van der Waals surface area (Å²) in [5.74, 6) is 0. The van der Waals surface area contributed by atoms with Crippen molar-refractivity contribution in [3.8, 4) is 11.1 Å². The molecule has 6 rings (SSSR count). The molecule has 1 aromatic heterocycles. The first-order valence-electron chi connectivity index (χ1n) is 10.3. The van der Waals surface area contributed by atoms with Crippen LogP contribution in [0, 0.1) is 10.2 Å². The third-order valence-electron chi connectivity index (χ3n) is 5.64. The third-order valence-corrected chi connectivity index (χ3v) is 5.97. The minimum Gasteiger partial charge on any atom is -0.222 e. The van der Waals surface area contributed by atoms with E-state index in [1.807, 2.05) is 18.2 Å². The molecule has 0 unspecified atom stereocenters. The van der Waals surface area contributed by atoms with Gasteiger partial charge in [-0.15, -0.1) is 10.2 Å². The van der Waals surface area contributed by atoms with E-state index >= 15 is 0 Å². The maximum atomic E-state index is 8.49. The van der Waals surface area contributed by atoms with Gasteiger partial charge in [0.2, 0.25) is 0 Å². The Labute approximate surface area is 201 Å². The van der Waals surface area contributed by atoms with Gasteiger partial charge in [-0.05, 0) is 39.7 Å². The molecule has 0 saturated carbocycles. The van der Waals surface area contributed by atoms with Crippen LogP contribution in [0.1, 0.15) is 0 Å². The second-order valence-electron chi connectivity index (χ2n) is 7.65. The maximum absolute atomic E-state index is 8.49. The largest absolute Gasteiger partial charge is 0.362 e. The number of fused-ring (bicyclic) bond motifs is 6. The van der Waals surface area contributed by atoms with E-state index in [0.717, 1.165) is 38.1 Å². The van der Waals surface area contributed by atoms with Gasteiger partial charge in [-0.1, -0.05) is 78.3 Å². The zero-order valence-electron chi connectivity index (χ0n) is 17.5. The van der Waals surface area contributed by atoms with Crippen LogP contribution in [0.4, 0.5) is 0 Å². The first-order chi connectivity index (χ1) is 16.3. The molecule has 7 heteroatoms. The highest BCUT2D eigenvalue weighted by molar-refractivity contribution is 6.35. The lowest BCUT2D eigenvalue weighted by atomic mass is 9.91. The Morgan fingerprint density at radius 3 is 1.50 bits per heavy atom. The summed E-state index contributed by atoms with van der Waals surface area (Å²) in [7, 11) is -4.94. The summed E-state index contributed by atoms with van der Waals surface area (Å²) in [6.45, 7) is 0. The van der Waals surface area contributed by atoms with Crippen molar-refractivity contribution in [1.29, 1.82) is 0 Å². The topological polar surface area (TPSA) is 104 Å². The quantitative estimate of drug-likeness (QED) is 0.198. The molecule has 0 radical (unpaired) electrons. The predicted octanol–water partition coefficient (Wildman–Crippen LogP) is 3.74. The van der Waals surface area contributed by atoms with E-state index in [2.05, 4.69) is 78.9 Å². The van der Waals surface area contributed by atoms with Crippen LogP contribution in [0.25, 0.3) is 54.6 Å². The molecule has 0 atom stereocenters. The van der Waals surface area contributed by atoms with Crippen LogP contribution in [0.15, 0.2) is 101 Å². The molecule has 5 aromatic carbocycles. The van der Waals surface area contributed by atoms with Crippen LogP contribution in [0.5, 0.6) is 0 Å². The number of benzene rings is 5. The molecule has 0 N–H and O–H groups in total. The van der Waals surface area contributed by atoms with Crippen molar-refractivity contribution in [1.82, 2.24) is 0 Å². The van der Waals surface area contributed by atoms with Gasteiger partial charge in [-0.25, -0.2) is 23.1 Å². The molecule has 0 fully saturated rings. The van der Waals surface area contributed by atoms with Crippen molar-refractivity contribution in [3.05, 3.63) is 102 Å². The molecule has 0 aliphatic rings. The summed E-state index contributed by atoms with van der Waals surface area (Å²) in [4.78, 5) is 0. The first-order valence-corrected chi connectivity index (χ1v) is 11.9. The number of hydrogen-bond donors (Lipinski definition) is 0. The van der Waals surface area contributed by atoms with Gasteiger partial charge >= 0.3 is 11.2 Å². The van der Waals surface area contributed by atoms with Crippen molar-refractivity contribution in [2.75, 3.05) is 0 Å². The molecule has 0 aliphatic carbocycles. The van der Waals surface area contributed by atoms with E-state index in [0.29, 0.717) is 0 Å². The summed E-state index contributed by atoms with van der Waals surface area (Å²) in [5, 5.41) is 7.63. The van der Waals surface area contributed by atoms with Crippen molar-refractivity contribution >= 4 is 55.1 Å². The molecule has 0 aliphatic heterocycles. The van der Waals surface area contributed by atoms with E-state index in [1.165, 1.54) is 21.5 Å². The molecule has 5 nitrogen and oxygen atoms in total. The van der Waals surface area contributed by atoms with Crippen LogP contribution < -0.4 is 18.6 Å².